The molecule has 0 radical (unpaired) electrons. The van der Waals surface area contributed by atoms with Crippen LogP contribution in [0.15, 0.2) is 42.5 Å². The van der Waals surface area contributed by atoms with E-state index < -0.39 is 0 Å². The molecule has 0 saturated carbocycles. The first kappa shape index (κ1) is 18.6. The van der Waals surface area contributed by atoms with E-state index in [0.717, 1.165) is 44.0 Å². The molecule has 2 aromatic carbocycles. The molecule has 0 bridgehead atoms. The van der Waals surface area contributed by atoms with Crippen LogP contribution in [0, 0.1) is 13.8 Å². The first-order valence-electron chi connectivity index (χ1n) is 9.31. The highest BCUT2D eigenvalue weighted by Gasteiger charge is 2.11. The minimum Gasteiger partial charge on any atom is -0.379 e. The lowest BCUT2D eigenvalue weighted by molar-refractivity contribution is -0.120. The van der Waals surface area contributed by atoms with Crippen LogP contribution < -0.4 is 5.32 Å². The normalized spacial score (nSPS) is 15.0. The molecule has 4 nitrogen and oxygen atoms in total. The topological polar surface area (TPSA) is 41.6 Å². The molecule has 1 fully saturated rings. The number of rotatable bonds is 6. The zero-order valence-corrected chi connectivity index (χ0v) is 15.8. The highest BCUT2D eigenvalue weighted by atomic mass is 16.5. The van der Waals surface area contributed by atoms with E-state index in [1.54, 1.807) is 0 Å². The number of nitrogens with zero attached hydrogens (tertiary/aromatic N) is 1. The summed E-state index contributed by atoms with van der Waals surface area (Å²) in [7, 11) is 0. The quantitative estimate of drug-likeness (QED) is 0.869. The lowest BCUT2D eigenvalue weighted by Gasteiger charge is -2.26. The van der Waals surface area contributed by atoms with Crippen LogP contribution in [0.3, 0.4) is 0 Å². The molecule has 0 spiro atoms. The molecule has 138 valence electrons. The molecular formula is C22H28N2O2. The van der Waals surface area contributed by atoms with E-state index in [1.807, 2.05) is 6.07 Å². The van der Waals surface area contributed by atoms with Gasteiger partial charge in [0.15, 0.2) is 0 Å². The molecule has 1 aliphatic rings. The van der Waals surface area contributed by atoms with Crippen LogP contribution in [0.1, 0.15) is 27.8 Å². The molecule has 1 N–H and O–H groups in total. The van der Waals surface area contributed by atoms with E-state index >= 15 is 0 Å². The van der Waals surface area contributed by atoms with E-state index in [4.69, 9.17) is 4.74 Å². The zero-order chi connectivity index (χ0) is 18.4. The number of aryl methyl sites for hydroxylation is 2. The predicted molar refractivity (Wildman–Crippen MR) is 104 cm³/mol. The van der Waals surface area contributed by atoms with Gasteiger partial charge in [-0.1, -0.05) is 42.5 Å². The Hall–Kier alpha value is -2.17. The van der Waals surface area contributed by atoms with Gasteiger partial charge in [0, 0.05) is 26.2 Å². The molecule has 0 atom stereocenters. The zero-order valence-electron chi connectivity index (χ0n) is 15.8. The summed E-state index contributed by atoms with van der Waals surface area (Å²) in [4.78, 5) is 14.7. The molecule has 4 heteroatoms. The maximum Gasteiger partial charge on any atom is 0.224 e. The monoisotopic (exact) mass is 352 g/mol. The predicted octanol–water partition coefficient (Wildman–Crippen LogP) is 2.99. The molecule has 3 rings (SSSR count). The standard InChI is InChI=1S/C22H28N2O2/c1-17-6-7-19(12-18(17)2)14-22(25)23-15-20-4-3-5-21(13-20)16-24-8-10-26-11-9-24/h3-7,12-13H,8-11,14-16H2,1-2H3,(H,23,25). The van der Waals surface area contributed by atoms with E-state index in [-0.39, 0.29) is 5.91 Å². The van der Waals surface area contributed by atoms with Crippen molar-refractivity contribution < 1.29 is 9.53 Å². The van der Waals surface area contributed by atoms with Crippen LogP contribution in [0.4, 0.5) is 0 Å². The maximum atomic E-state index is 12.3. The van der Waals surface area contributed by atoms with Crippen molar-refractivity contribution >= 4 is 5.91 Å². The van der Waals surface area contributed by atoms with Crippen molar-refractivity contribution in [2.24, 2.45) is 0 Å². The van der Waals surface area contributed by atoms with Gasteiger partial charge in [-0.25, -0.2) is 0 Å². The molecule has 1 aliphatic heterocycles. The second-order valence-electron chi connectivity index (χ2n) is 7.08. The first-order valence-corrected chi connectivity index (χ1v) is 9.31. The average molecular weight is 352 g/mol. The fourth-order valence-corrected chi connectivity index (χ4v) is 3.22. The Morgan fingerprint density at radius 1 is 1.00 bits per heavy atom. The number of carbonyl (C=O) groups excluding carboxylic acids is 1. The SMILES string of the molecule is Cc1ccc(CC(=O)NCc2cccc(CN3CCOCC3)c2)cc1C. The van der Waals surface area contributed by atoms with Gasteiger partial charge in [0.25, 0.3) is 0 Å². The number of ether oxygens (including phenoxy) is 1. The molecule has 2 aromatic rings. The number of carbonyl (C=O) groups is 1. The second-order valence-corrected chi connectivity index (χ2v) is 7.08. The third-order valence-electron chi connectivity index (χ3n) is 4.93. The fraction of sp³-hybridized carbons (Fsp3) is 0.409. The van der Waals surface area contributed by atoms with Crippen LogP contribution in [-0.2, 0) is 29.0 Å². The number of hydrogen-bond donors (Lipinski definition) is 1. The van der Waals surface area contributed by atoms with Gasteiger partial charge in [0.2, 0.25) is 5.91 Å². The smallest absolute Gasteiger partial charge is 0.224 e. The summed E-state index contributed by atoms with van der Waals surface area (Å²) in [5.41, 5.74) is 5.97. The average Bonchev–Trinajstić information content (AvgIpc) is 2.64. The molecule has 0 unspecified atom stereocenters. The van der Waals surface area contributed by atoms with Crippen LogP contribution >= 0.6 is 0 Å². The summed E-state index contributed by atoms with van der Waals surface area (Å²) < 4.78 is 5.40. The van der Waals surface area contributed by atoms with Gasteiger partial charge in [0.05, 0.1) is 19.6 Å². The third kappa shape index (κ3) is 5.41. The van der Waals surface area contributed by atoms with E-state index in [1.165, 1.54) is 16.7 Å². The van der Waals surface area contributed by atoms with Crippen molar-refractivity contribution in [1.82, 2.24) is 10.2 Å². The molecule has 0 aromatic heterocycles. The summed E-state index contributed by atoms with van der Waals surface area (Å²) in [6.07, 6.45) is 0.425. The lowest BCUT2D eigenvalue weighted by atomic mass is 10.0. The van der Waals surface area contributed by atoms with Crippen LogP contribution in [0.25, 0.3) is 0 Å². The number of hydrogen-bond acceptors (Lipinski definition) is 3. The highest BCUT2D eigenvalue weighted by Crippen LogP contribution is 2.12. The Morgan fingerprint density at radius 3 is 2.54 bits per heavy atom. The molecule has 0 aliphatic carbocycles. The van der Waals surface area contributed by atoms with Gasteiger partial charge in [0.1, 0.15) is 0 Å². The van der Waals surface area contributed by atoms with Crippen LogP contribution in [0.2, 0.25) is 0 Å². The first-order chi connectivity index (χ1) is 12.6. The fourth-order valence-electron chi connectivity index (χ4n) is 3.22. The Bertz CT molecular complexity index is 752. The Kier molecular flexibility index (Phi) is 6.42. The van der Waals surface area contributed by atoms with Crippen LogP contribution in [-0.4, -0.2) is 37.1 Å². The molecule has 1 amide bonds. The van der Waals surface area contributed by atoms with E-state index in [9.17, 15) is 4.79 Å². The highest BCUT2D eigenvalue weighted by molar-refractivity contribution is 5.78. The van der Waals surface area contributed by atoms with Gasteiger partial charge in [-0.3, -0.25) is 9.69 Å². The second kappa shape index (κ2) is 8.97. The summed E-state index contributed by atoms with van der Waals surface area (Å²) in [5, 5.41) is 3.04. The number of benzene rings is 2. The van der Waals surface area contributed by atoms with Gasteiger partial charge < -0.3 is 10.1 Å². The number of nitrogens with one attached hydrogen (secondary N) is 1. The van der Waals surface area contributed by atoms with Crippen LogP contribution in [0.5, 0.6) is 0 Å². The lowest BCUT2D eigenvalue weighted by Crippen LogP contribution is -2.35. The number of morpholine rings is 1. The third-order valence-corrected chi connectivity index (χ3v) is 4.93. The van der Waals surface area contributed by atoms with Gasteiger partial charge in [-0.2, -0.15) is 0 Å². The Balaban J connectivity index is 1.51. The summed E-state index contributed by atoms with van der Waals surface area (Å²) in [6.45, 7) is 9.27. The molecule has 26 heavy (non-hydrogen) atoms. The van der Waals surface area contributed by atoms with Crippen molar-refractivity contribution in [2.75, 3.05) is 26.3 Å². The van der Waals surface area contributed by atoms with E-state index in [0.29, 0.717) is 13.0 Å². The largest absolute Gasteiger partial charge is 0.379 e. The van der Waals surface area contributed by atoms with Gasteiger partial charge in [-0.15, -0.1) is 0 Å². The van der Waals surface area contributed by atoms with Gasteiger partial charge in [-0.05, 0) is 41.7 Å². The Labute approximate surface area is 156 Å². The van der Waals surface area contributed by atoms with E-state index in [2.05, 4.69) is 60.5 Å². The van der Waals surface area contributed by atoms with Crippen molar-refractivity contribution in [3.63, 3.8) is 0 Å². The van der Waals surface area contributed by atoms with Gasteiger partial charge >= 0.3 is 0 Å². The number of amides is 1. The molecule has 1 saturated heterocycles. The minimum absolute atomic E-state index is 0.0619. The van der Waals surface area contributed by atoms with Crippen molar-refractivity contribution in [1.29, 1.82) is 0 Å². The summed E-state index contributed by atoms with van der Waals surface area (Å²) >= 11 is 0. The van der Waals surface area contributed by atoms with Crippen molar-refractivity contribution in [2.45, 2.75) is 33.4 Å². The minimum atomic E-state index is 0.0619. The Morgan fingerprint density at radius 2 is 1.77 bits per heavy atom. The van der Waals surface area contributed by atoms with Crippen molar-refractivity contribution in [3.8, 4) is 0 Å². The molecular weight excluding hydrogens is 324 g/mol. The van der Waals surface area contributed by atoms with Crippen molar-refractivity contribution in [3.05, 3.63) is 70.3 Å². The summed E-state index contributed by atoms with van der Waals surface area (Å²) in [5.74, 6) is 0.0619. The molecule has 1 heterocycles. The summed E-state index contributed by atoms with van der Waals surface area (Å²) in [6, 6.07) is 14.7. The maximum absolute atomic E-state index is 12.3.